The Labute approximate surface area is 180 Å². The molecule has 5 rings (SSSR count). The first kappa shape index (κ1) is 19.7. The molecule has 0 spiro atoms. The Balaban J connectivity index is 1.52. The fourth-order valence-electron chi connectivity index (χ4n) is 3.71. The number of rotatable bonds is 4. The van der Waals surface area contributed by atoms with Gasteiger partial charge in [-0.3, -0.25) is 4.68 Å². The monoisotopic (exact) mass is 437 g/mol. The van der Waals surface area contributed by atoms with Gasteiger partial charge in [0, 0.05) is 38.3 Å². The Morgan fingerprint density at radius 2 is 2.16 bits per heavy atom. The van der Waals surface area contributed by atoms with E-state index < -0.39 is 5.92 Å². The quantitative estimate of drug-likeness (QED) is 0.496. The predicted octanol–water partition coefficient (Wildman–Crippen LogP) is 3.44. The van der Waals surface area contributed by atoms with E-state index >= 15 is 0 Å². The van der Waals surface area contributed by atoms with Gasteiger partial charge in [-0.2, -0.15) is 24.1 Å². The molecule has 0 amide bonds. The molecule has 10 nitrogen and oxygen atoms in total. The van der Waals surface area contributed by atoms with Gasteiger partial charge in [-0.25, -0.2) is 9.97 Å². The number of hydrogen-bond donors (Lipinski definition) is 2. The third-order valence-corrected chi connectivity index (χ3v) is 5.21. The molecule has 12 heteroatoms. The van der Waals surface area contributed by atoms with Gasteiger partial charge in [0.1, 0.15) is 34.4 Å². The van der Waals surface area contributed by atoms with Gasteiger partial charge in [0.15, 0.2) is 17.2 Å². The van der Waals surface area contributed by atoms with E-state index in [9.17, 15) is 14.0 Å². The lowest BCUT2D eigenvalue weighted by molar-refractivity contribution is -0.0364. The van der Waals surface area contributed by atoms with Crippen LogP contribution in [0.25, 0.3) is 11.2 Å². The molecule has 0 saturated carbocycles. The Morgan fingerprint density at radius 1 is 1.31 bits per heavy atom. The van der Waals surface area contributed by atoms with Gasteiger partial charge in [-0.1, -0.05) is 0 Å². The van der Waals surface area contributed by atoms with Gasteiger partial charge in [0.25, 0.3) is 5.92 Å². The first-order chi connectivity index (χ1) is 15.4. The molecule has 4 aromatic heterocycles. The number of aromatic nitrogens is 6. The standard InChI is InChI=1S/C20H17F2N9O/c1-30-17-12(9-23)13(32-11-3-5-25-15(24)7-11)10-26-18(17)28-19(30)27-16-8-14-20(21,22)4-2-6-31(14)29-16/h3,5,7-8,10H,2,4,6H2,1H3,(H2,24,25)(H,26,27,28,29). The van der Waals surface area contributed by atoms with E-state index in [4.69, 9.17) is 10.5 Å². The second-order valence-corrected chi connectivity index (χ2v) is 7.37. The number of hydrogen-bond acceptors (Lipinski definition) is 8. The summed E-state index contributed by atoms with van der Waals surface area (Å²) in [6.45, 7) is 0.426. The number of nitrogens with two attached hydrogens (primary N) is 1. The van der Waals surface area contributed by atoms with E-state index in [1.54, 1.807) is 17.7 Å². The zero-order chi connectivity index (χ0) is 22.5. The zero-order valence-corrected chi connectivity index (χ0v) is 16.9. The fraction of sp³-hybridized carbons (Fsp3) is 0.250. The van der Waals surface area contributed by atoms with Gasteiger partial charge in [0.2, 0.25) is 5.95 Å². The summed E-state index contributed by atoms with van der Waals surface area (Å²) in [6.07, 6.45) is 3.04. The molecule has 5 heterocycles. The summed E-state index contributed by atoms with van der Waals surface area (Å²) in [5, 5.41) is 17.0. The minimum Gasteiger partial charge on any atom is -0.454 e. The van der Waals surface area contributed by atoms with Crippen LogP contribution in [0.1, 0.15) is 24.1 Å². The van der Waals surface area contributed by atoms with E-state index in [2.05, 4.69) is 31.4 Å². The molecule has 0 aliphatic carbocycles. The number of imidazole rings is 1. The molecule has 0 atom stereocenters. The van der Waals surface area contributed by atoms with E-state index in [1.165, 1.54) is 29.2 Å². The van der Waals surface area contributed by atoms with E-state index in [-0.39, 0.29) is 35.1 Å². The molecule has 4 aromatic rings. The van der Waals surface area contributed by atoms with Crippen LogP contribution in [-0.2, 0) is 19.5 Å². The predicted molar refractivity (Wildman–Crippen MR) is 111 cm³/mol. The lowest BCUT2D eigenvalue weighted by atomic mass is 10.1. The van der Waals surface area contributed by atoms with Crippen LogP contribution in [0.5, 0.6) is 11.5 Å². The van der Waals surface area contributed by atoms with Crippen LogP contribution in [0, 0.1) is 11.3 Å². The SMILES string of the molecule is Cn1c(Nc2cc3n(n2)CCCC3(F)F)nc2ncc(Oc3ccnc(N)c3)c(C#N)c21. The molecule has 1 aliphatic rings. The highest BCUT2D eigenvalue weighted by Gasteiger charge is 2.38. The van der Waals surface area contributed by atoms with Crippen LogP contribution in [0.3, 0.4) is 0 Å². The smallest absolute Gasteiger partial charge is 0.289 e. The van der Waals surface area contributed by atoms with Gasteiger partial charge >= 0.3 is 0 Å². The number of nitriles is 1. The second-order valence-electron chi connectivity index (χ2n) is 7.37. The molecule has 0 radical (unpaired) electrons. The van der Waals surface area contributed by atoms with E-state index in [0.717, 1.165) is 0 Å². The van der Waals surface area contributed by atoms with Crippen molar-refractivity contribution in [3.63, 3.8) is 0 Å². The molecule has 0 saturated heterocycles. The molecule has 3 N–H and O–H groups in total. The molecule has 0 fully saturated rings. The topological polar surface area (TPSA) is 132 Å². The molecular weight excluding hydrogens is 420 g/mol. The number of aryl methyl sites for hydroxylation is 2. The van der Waals surface area contributed by atoms with Gasteiger partial charge in [0.05, 0.1) is 6.20 Å². The molecule has 1 aliphatic heterocycles. The Hall–Kier alpha value is -4.27. The second kappa shape index (κ2) is 7.16. The van der Waals surface area contributed by atoms with Crippen LogP contribution in [0.15, 0.2) is 30.6 Å². The van der Waals surface area contributed by atoms with Gasteiger partial charge in [-0.15, -0.1) is 0 Å². The summed E-state index contributed by atoms with van der Waals surface area (Å²) in [6, 6.07) is 6.57. The maximum Gasteiger partial charge on any atom is 0.289 e. The average molecular weight is 437 g/mol. The molecule has 32 heavy (non-hydrogen) atoms. The highest BCUT2D eigenvalue weighted by atomic mass is 19.3. The first-order valence-corrected chi connectivity index (χ1v) is 9.74. The zero-order valence-electron chi connectivity index (χ0n) is 16.9. The maximum atomic E-state index is 14.2. The third kappa shape index (κ3) is 3.24. The summed E-state index contributed by atoms with van der Waals surface area (Å²) >= 11 is 0. The third-order valence-electron chi connectivity index (χ3n) is 5.21. The van der Waals surface area contributed by atoms with E-state index in [1.807, 2.05) is 0 Å². The van der Waals surface area contributed by atoms with Crippen molar-refractivity contribution in [2.24, 2.45) is 7.05 Å². The Bertz CT molecular complexity index is 1390. The Morgan fingerprint density at radius 3 is 2.91 bits per heavy atom. The van der Waals surface area contributed by atoms with Crippen molar-refractivity contribution in [2.45, 2.75) is 25.3 Å². The van der Waals surface area contributed by atoms with Crippen LogP contribution >= 0.6 is 0 Å². The molecule has 0 unspecified atom stereocenters. The minimum absolute atomic E-state index is 0.131. The first-order valence-electron chi connectivity index (χ1n) is 9.74. The van der Waals surface area contributed by atoms with Crippen molar-refractivity contribution in [2.75, 3.05) is 11.1 Å². The van der Waals surface area contributed by atoms with Crippen molar-refractivity contribution in [3.05, 3.63) is 41.9 Å². The van der Waals surface area contributed by atoms with Crippen LogP contribution in [-0.4, -0.2) is 29.3 Å². The number of anilines is 3. The number of nitrogens with one attached hydrogen (secondary N) is 1. The summed E-state index contributed by atoms with van der Waals surface area (Å²) in [5.74, 6) is -1.49. The highest BCUT2D eigenvalue weighted by Crippen LogP contribution is 2.38. The lowest BCUT2D eigenvalue weighted by Gasteiger charge is -2.22. The van der Waals surface area contributed by atoms with Crippen LogP contribution in [0.2, 0.25) is 0 Å². The van der Waals surface area contributed by atoms with Crippen molar-refractivity contribution in [3.8, 4) is 17.6 Å². The molecule has 162 valence electrons. The molecule has 0 aromatic carbocycles. The number of fused-ring (bicyclic) bond motifs is 2. The normalized spacial score (nSPS) is 14.7. The highest BCUT2D eigenvalue weighted by molar-refractivity contribution is 5.84. The van der Waals surface area contributed by atoms with Crippen LogP contribution < -0.4 is 15.8 Å². The summed E-state index contributed by atoms with van der Waals surface area (Å²) in [4.78, 5) is 12.6. The number of nitrogen functional groups attached to an aromatic ring is 1. The van der Waals surface area contributed by atoms with Gasteiger partial charge in [-0.05, 0) is 12.5 Å². The Kier molecular flexibility index (Phi) is 4.40. The fourth-order valence-corrected chi connectivity index (χ4v) is 3.71. The van der Waals surface area contributed by atoms with Crippen molar-refractivity contribution < 1.29 is 13.5 Å². The number of nitrogens with zero attached hydrogens (tertiary/aromatic N) is 7. The number of alkyl halides is 2. The molecular formula is C20H17F2N9O. The largest absolute Gasteiger partial charge is 0.454 e. The number of ether oxygens (including phenoxy) is 1. The summed E-state index contributed by atoms with van der Waals surface area (Å²) < 4.78 is 37.0. The van der Waals surface area contributed by atoms with Crippen molar-refractivity contribution >= 4 is 28.7 Å². The number of pyridine rings is 2. The van der Waals surface area contributed by atoms with Gasteiger partial charge < -0.3 is 20.4 Å². The maximum absolute atomic E-state index is 14.2. The number of halogens is 2. The van der Waals surface area contributed by atoms with Crippen LogP contribution in [0.4, 0.5) is 26.4 Å². The summed E-state index contributed by atoms with van der Waals surface area (Å²) in [5.41, 5.74) is 6.47. The minimum atomic E-state index is -2.92. The lowest BCUT2D eigenvalue weighted by Crippen LogP contribution is -2.25. The van der Waals surface area contributed by atoms with Crippen molar-refractivity contribution in [1.29, 1.82) is 5.26 Å². The average Bonchev–Trinajstić information content (AvgIpc) is 3.30. The van der Waals surface area contributed by atoms with E-state index in [0.29, 0.717) is 35.8 Å². The molecule has 0 bridgehead atoms. The van der Waals surface area contributed by atoms with Crippen molar-refractivity contribution in [1.82, 2.24) is 29.3 Å². The summed E-state index contributed by atoms with van der Waals surface area (Å²) in [7, 11) is 1.68.